The molecule has 0 saturated heterocycles. The topological polar surface area (TPSA) is 64.1 Å². The van der Waals surface area contributed by atoms with Crippen LogP contribution in [0, 0.1) is 0 Å². The van der Waals surface area contributed by atoms with Crippen molar-refractivity contribution in [3.05, 3.63) is 46.9 Å². The van der Waals surface area contributed by atoms with Gasteiger partial charge in [-0.05, 0) is 74.9 Å². The largest absolute Gasteiger partial charge is 0.444 e. The number of amides is 1. The van der Waals surface area contributed by atoms with E-state index in [4.69, 9.17) is 16.3 Å². The minimum Gasteiger partial charge on any atom is -0.444 e. The number of alkyl carbamates (subject to hydrolysis) is 1. The number of hydrogen-bond donors (Lipinski definition) is 1. The summed E-state index contributed by atoms with van der Waals surface area (Å²) in [5.74, 6) is 0. The smallest absolute Gasteiger partial charge is 0.408 e. The first-order valence-corrected chi connectivity index (χ1v) is 11.3. The summed E-state index contributed by atoms with van der Waals surface area (Å²) in [5, 5.41) is 3.27. The summed E-state index contributed by atoms with van der Waals surface area (Å²) in [4.78, 5) is 20.4. The first kappa shape index (κ1) is 25.9. The Morgan fingerprint density at radius 2 is 1.83 bits per heavy atom. The molecule has 2 aromatic rings. The van der Waals surface area contributed by atoms with Crippen LogP contribution in [0.4, 0.5) is 4.79 Å². The monoisotopic (exact) mass is 433 g/mol. The fourth-order valence-electron chi connectivity index (χ4n) is 3.24. The van der Waals surface area contributed by atoms with Crippen molar-refractivity contribution in [2.24, 2.45) is 0 Å². The van der Waals surface area contributed by atoms with Gasteiger partial charge in [0.1, 0.15) is 5.60 Å². The van der Waals surface area contributed by atoms with E-state index in [0.717, 1.165) is 42.5 Å². The van der Waals surface area contributed by atoms with Crippen LogP contribution < -0.4 is 5.32 Å². The molecule has 1 heterocycles. The van der Waals surface area contributed by atoms with Crippen molar-refractivity contribution in [3.63, 3.8) is 0 Å². The summed E-state index contributed by atoms with van der Waals surface area (Å²) >= 11 is 5.91. The molecule has 1 N–H and O–H groups in total. The molecule has 0 bridgehead atoms. The van der Waals surface area contributed by atoms with Crippen LogP contribution in [-0.2, 0) is 11.2 Å². The first-order chi connectivity index (χ1) is 14.3. The molecule has 0 aliphatic heterocycles. The molecular formula is C24H36ClN3O2. The van der Waals surface area contributed by atoms with E-state index in [-0.39, 0.29) is 17.4 Å². The number of aromatic nitrogens is 2. The Morgan fingerprint density at radius 3 is 2.47 bits per heavy atom. The molecule has 1 aromatic carbocycles. The number of carbonyl (C=O) groups is 1. The van der Waals surface area contributed by atoms with E-state index in [1.165, 1.54) is 5.56 Å². The van der Waals surface area contributed by atoms with E-state index < -0.39 is 5.60 Å². The summed E-state index contributed by atoms with van der Waals surface area (Å²) in [5.41, 5.74) is 3.68. The van der Waals surface area contributed by atoms with Gasteiger partial charge in [0.25, 0.3) is 0 Å². The second-order valence-corrected chi connectivity index (χ2v) is 7.91. The summed E-state index contributed by atoms with van der Waals surface area (Å²) < 4.78 is 5.42. The number of benzene rings is 1. The van der Waals surface area contributed by atoms with Crippen LogP contribution in [-0.4, -0.2) is 21.7 Å². The first-order valence-electron chi connectivity index (χ1n) is 10.9. The summed E-state index contributed by atoms with van der Waals surface area (Å²) in [6.07, 6.45) is 5.32. The van der Waals surface area contributed by atoms with E-state index in [1.807, 2.05) is 60.6 Å². The lowest BCUT2D eigenvalue weighted by Gasteiger charge is -2.24. The average Bonchev–Trinajstić information content (AvgIpc) is 2.91. The molecule has 0 saturated carbocycles. The van der Waals surface area contributed by atoms with Gasteiger partial charge in [0.2, 0.25) is 5.28 Å². The van der Waals surface area contributed by atoms with Crippen molar-refractivity contribution < 1.29 is 9.53 Å². The highest BCUT2D eigenvalue weighted by Crippen LogP contribution is 2.32. The van der Waals surface area contributed by atoms with Gasteiger partial charge in [-0.1, -0.05) is 46.2 Å². The number of ether oxygens (including phenoxy) is 1. The van der Waals surface area contributed by atoms with Crippen LogP contribution in [0.3, 0.4) is 0 Å². The molecule has 30 heavy (non-hydrogen) atoms. The molecule has 1 aliphatic carbocycles. The second kappa shape index (κ2) is 12.5. The number of nitrogens with zero attached hydrogens (tertiary/aromatic N) is 2. The molecule has 5 nitrogen and oxygen atoms in total. The van der Waals surface area contributed by atoms with Crippen LogP contribution in [0.2, 0.25) is 5.28 Å². The molecule has 1 aromatic heterocycles. The zero-order chi connectivity index (χ0) is 22.7. The second-order valence-electron chi connectivity index (χ2n) is 7.57. The number of hydrogen-bond acceptors (Lipinski definition) is 4. The van der Waals surface area contributed by atoms with Crippen molar-refractivity contribution >= 4 is 17.7 Å². The third kappa shape index (κ3) is 7.94. The number of nitrogens with one attached hydrogen (secondary N) is 1. The van der Waals surface area contributed by atoms with Crippen LogP contribution >= 0.6 is 11.6 Å². The highest BCUT2D eigenvalue weighted by Gasteiger charge is 2.24. The summed E-state index contributed by atoms with van der Waals surface area (Å²) in [6, 6.07) is 8.05. The predicted molar refractivity (Wildman–Crippen MR) is 125 cm³/mol. The molecule has 3 rings (SSSR count). The molecule has 166 valence electrons. The lowest BCUT2D eigenvalue weighted by molar-refractivity contribution is 0.0501. The average molecular weight is 434 g/mol. The standard InChI is InChI=1S/C20H24ClN3O2.2C2H6/c1-20(2,3)26-19(25)24-17-7-5-4-6-13-12-14(8-9-15(13)17)16-10-11-22-18(21)23-16;2*1-2/h8-12,17H,4-7H2,1-3H3,(H,24,25);2*1-2H3. The molecule has 0 fully saturated rings. The maximum Gasteiger partial charge on any atom is 0.408 e. The number of fused-ring (bicyclic) bond motifs is 1. The third-order valence-electron chi connectivity index (χ3n) is 4.32. The number of aryl methyl sites for hydroxylation is 1. The molecule has 1 atom stereocenters. The molecule has 6 heteroatoms. The normalized spacial score (nSPS) is 15.3. The minimum absolute atomic E-state index is 0.0367. The molecule has 1 aliphatic rings. The zero-order valence-electron chi connectivity index (χ0n) is 19.4. The van der Waals surface area contributed by atoms with Crippen molar-refractivity contribution in [2.75, 3.05) is 0 Å². The maximum absolute atomic E-state index is 12.2. The predicted octanol–water partition coefficient (Wildman–Crippen LogP) is 7.14. The fourth-order valence-corrected chi connectivity index (χ4v) is 3.38. The van der Waals surface area contributed by atoms with Crippen LogP contribution in [0.1, 0.15) is 84.9 Å². The quantitative estimate of drug-likeness (QED) is 0.403. The Bertz CT molecular complexity index is 803. The summed E-state index contributed by atoms with van der Waals surface area (Å²) in [7, 11) is 0. The van der Waals surface area contributed by atoms with Gasteiger partial charge in [-0.15, -0.1) is 0 Å². The van der Waals surface area contributed by atoms with Gasteiger partial charge in [0, 0.05) is 11.8 Å². The van der Waals surface area contributed by atoms with E-state index in [9.17, 15) is 4.79 Å². The Kier molecular flexibility index (Phi) is 10.8. The maximum atomic E-state index is 12.2. The van der Waals surface area contributed by atoms with E-state index in [2.05, 4.69) is 27.4 Å². The van der Waals surface area contributed by atoms with E-state index in [0.29, 0.717) is 0 Å². The zero-order valence-corrected chi connectivity index (χ0v) is 20.1. The van der Waals surface area contributed by atoms with Crippen LogP contribution in [0.15, 0.2) is 30.5 Å². The van der Waals surface area contributed by atoms with Gasteiger partial charge in [0.15, 0.2) is 0 Å². The van der Waals surface area contributed by atoms with Gasteiger partial charge in [-0.3, -0.25) is 0 Å². The number of halogens is 1. The van der Waals surface area contributed by atoms with E-state index >= 15 is 0 Å². The molecule has 1 unspecified atom stereocenters. The third-order valence-corrected chi connectivity index (χ3v) is 4.50. The lowest BCUT2D eigenvalue weighted by Crippen LogP contribution is -2.35. The van der Waals surface area contributed by atoms with E-state index in [1.54, 1.807) is 6.20 Å². The van der Waals surface area contributed by atoms with Crippen LogP contribution in [0.25, 0.3) is 11.3 Å². The Morgan fingerprint density at radius 1 is 1.13 bits per heavy atom. The Labute approximate surface area is 186 Å². The van der Waals surface area contributed by atoms with Crippen molar-refractivity contribution in [2.45, 2.75) is 85.8 Å². The minimum atomic E-state index is -0.506. The summed E-state index contributed by atoms with van der Waals surface area (Å²) in [6.45, 7) is 13.6. The molecule has 0 spiro atoms. The van der Waals surface area contributed by atoms with Gasteiger partial charge < -0.3 is 10.1 Å². The number of rotatable bonds is 2. The molecular weight excluding hydrogens is 398 g/mol. The molecule has 1 amide bonds. The van der Waals surface area contributed by atoms with Crippen molar-refractivity contribution in [1.29, 1.82) is 0 Å². The van der Waals surface area contributed by atoms with Crippen molar-refractivity contribution in [3.8, 4) is 11.3 Å². The number of carbonyl (C=O) groups excluding carboxylic acids is 1. The Balaban J connectivity index is 0.00000106. The van der Waals surface area contributed by atoms with Gasteiger partial charge >= 0.3 is 6.09 Å². The Hall–Kier alpha value is -2.14. The highest BCUT2D eigenvalue weighted by atomic mass is 35.5. The van der Waals surface area contributed by atoms with Crippen LogP contribution in [0.5, 0.6) is 0 Å². The van der Waals surface area contributed by atoms with Gasteiger partial charge in [0.05, 0.1) is 11.7 Å². The lowest BCUT2D eigenvalue weighted by atomic mass is 9.96. The highest BCUT2D eigenvalue weighted by molar-refractivity contribution is 6.28. The van der Waals surface area contributed by atoms with Gasteiger partial charge in [-0.2, -0.15) is 0 Å². The van der Waals surface area contributed by atoms with Gasteiger partial charge in [-0.25, -0.2) is 14.8 Å². The van der Waals surface area contributed by atoms with Crippen molar-refractivity contribution in [1.82, 2.24) is 15.3 Å². The molecule has 0 radical (unpaired) electrons. The fraction of sp³-hybridized carbons (Fsp3) is 0.542. The SMILES string of the molecule is CC.CC.CC(C)(C)OC(=O)NC1CCCCc2cc(-c3ccnc(Cl)n3)ccc21.